The molecule has 176 valence electrons. The molecule has 8 heteroatoms. The van der Waals surface area contributed by atoms with E-state index in [1.54, 1.807) is 25.6 Å². The molecule has 0 bridgehead atoms. The highest BCUT2D eigenvalue weighted by Crippen LogP contribution is 2.40. The maximum absolute atomic E-state index is 13.6. The normalized spacial score (nSPS) is 20.8. The number of piperidine rings is 1. The van der Waals surface area contributed by atoms with Gasteiger partial charge in [-0.15, -0.1) is 0 Å². The number of aryl methyl sites for hydroxylation is 1. The van der Waals surface area contributed by atoms with Crippen LogP contribution in [-0.2, 0) is 10.6 Å². The lowest BCUT2D eigenvalue weighted by atomic mass is 9.94. The van der Waals surface area contributed by atoms with Crippen LogP contribution in [0.1, 0.15) is 29.7 Å². The number of fused-ring (bicyclic) bond motifs is 1. The van der Waals surface area contributed by atoms with Crippen molar-refractivity contribution in [2.45, 2.75) is 25.5 Å². The molecule has 1 atom stereocenters. The molecule has 0 aliphatic carbocycles. The van der Waals surface area contributed by atoms with E-state index in [0.717, 1.165) is 59.1 Å². The number of methoxy groups -OCH3 is 1. The zero-order valence-electron chi connectivity index (χ0n) is 19.6. The molecular weight excluding hydrogens is 433 g/mol. The second kappa shape index (κ2) is 8.95. The summed E-state index contributed by atoms with van der Waals surface area (Å²) < 4.78 is 21.2. The molecule has 2 aromatic carbocycles. The van der Waals surface area contributed by atoms with Crippen LogP contribution < -0.4 is 10.1 Å². The fraction of sp³-hybridized carbons (Fsp3) is 0.308. The van der Waals surface area contributed by atoms with Gasteiger partial charge in [0.05, 0.1) is 31.4 Å². The summed E-state index contributed by atoms with van der Waals surface area (Å²) in [6, 6.07) is 12.6. The minimum absolute atomic E-state index is 0.273. The average molecular weight is 462 g/mol. The molecule has 7 nitrogen and oxygen atoms in total. The fourth-order valence-electron chi connectivity index (χ4n) is 4.72. The van der Waals surface area contributed by atoms with Gasteiger partial charge >= 0.3 is 0 Å². The summed E-state index contributed by atoms with van der Waals surface area (Å²) in [7, 11) is 3.55. The van der Waals surface area contributed by atoms with Crippen LogP contribution in [0.5, 0.6) is 5.75 Å². The number of oxime groups is 1. The quantitative estimate of drug-likeness (QED) is 0.596. The van der Waals surface area contributed by atoms with Crippen LogP contribution in [0.2, 0.25) is 0 Å². The Morgan fingerprint density at radius 1 is 1.24 bits per heavy atom. The lowest BCUT2D eigenvalue weighted by molar-refractivity contribution is -0.103. The molecule has 0 radical (unpaired) electrons. The Bertz CT molecular complexity index is 1250. The molecular formula is C26H28FN5O2. The minimum Gasteiger partial charge on any atom is -0.495 e. The number of nitrogens with zero attached hydrogens (tertiary/aromatic N) is 4. The predicted molar refractivity (Wildman–Crippen MR) is 129 cm³/mol. The number of hydrogen-bond acceptors (Lipinski definition) is 6. The third kappa shape index (κ3) is 3.84. The first-order chi connectivity index (χ1) is 16.5. The van der Waals surface area contributed by atoms with Gasteiger partial charge in [0.1, 0.15) is 11.6 Å². The Hall–Kier alpha value is -3.65. The van der Waals surface area contributed by atoms with Crippen LogP contribution >= 0.6 is 0 Å². The van der Waals surface area contributed by atoms with Crippen LogP contribution in [0.3, 0.4) is 0 Å². The summed E-state index contributed by atoms with van der Waals surface area (Å²) in [6.45, 7) is 3.28. The van der Waals surface area contributed by atoms with E-state index < -0.39 is 5.72 Å². The number of ether oxygens (including phenoxy) is 1. The lowest BCUT2D eigenvalue weighted by Gasteiger charge is -2.40. The maximum atomic E-state index is 13.6. The SMILES string of the molecule is CNC[C@]1(c2ccc(F)cc2)ON=C2/C(=C/c3ccc(-n4cnc(C)c4)c(OC)c3)CCCN21. The molecule has 34 heavy (non-hydrogen) atoms. The molecule has 0 unspecified atom stereocenters. The highest BCUT2D eigenvalue weighted by Gasteiger charge is 2.49. The third-order valence-electron chi connectivity index (χ3n) is 6.34. The molecule has 5 rings (SSSR count). The van der Waals surface area contributed by atoms with Gasteiger partial charge in [-0.2, -0.15) is 0 Å². The van der Waals surface area contributed by atoms with E-state index in [1.807, 2.05) is 36.9 Å². The molecule has 0 spiro atoms. The van der Waals surface area contributed by atoms with Gasteiger partial charge in [0, 0.05) is 18.3 Å². The van der Waals surface area contributed by atoms with E-state index >= 15 is 0 Å². The van der Waals surface area contributed by atoms with Gasteiger partial charge in [0.15, 0.2) is 5.84 Å². The fourth-order valence-corrected chi connectivity index (χ4v) is 4.72. The van der Waals surface area contributed by atoms with Gasteiger partial charge in [-0.25, -0.2) is 9.37 Å². The topological polar surface area (TPSA) is 63.9 Å². The summed E-state index contributed by atoms with van der Waals surface area (Å²) >= 11 is 0. The van der Waals surface area contributed by atoms with Crippen molar-refractivity contribution in [3.05, 3.63) is 83.2 Å². The number of rotatable bonds is 6. The van der Waals surface area contributed by atoms with Crippen molar-refractivity contribution in [3.63, 3.8) is 0 Å². The van der Waals surface area contributed by atoms with E-state index in [0.29, 0.717) is 6.54 Å². The van der Waals surface area contributed by atoms with Crippen molar-refractivity contribution < 1.29 is 14.0 Å². The molecule has 1 aromatic heterocycles. The van der Waals surface area contributed by atoms with Crippen LogP contribution in [0.25, 0.3) is 11.8 Å². The summed E-state index contributed by atoms with van der Waals surface area (Å²) in [5.74, 6) is 1.31. The molecule has 1 saturated heterocycles. The van der Waals surface area contributed by atoms with Crippen molar-refractivity contribution in [1.82, 2.24) is 19.8 Å². The highest BCUT2D eigenvalue weighted by atomic mass is 19.1. The summed E-state index contributed by atoms with van der Waals surface area (Å²) in [4.78, 5) is 12.6. The first-order valence-electron chi connectivity index (χ1n) is 11.4. The molecule has 2 aliphatic heterocycles. The lowest BCUT2D eigenvalue weighted by Crippen LogP contribution is -2.53. The monoisotopic (exact) mass is 461 g/mol. The van der Waals surface area contributed by atoms with Crippen molar-refractivity contribution >= 4 is 11.9 Å². The Balaban J connectivity index is 1.48. The average Bonchev–Trinajstić information content (AvgIpc) is 3.45. The maximum Gasteiger partial charge on any atom is 0.249 e. The first kappa shape index (κ1) is 22.2. The van der Waals surface area contributed by atoms with Gasteiger partial charge in [0.2, 0.25) is 5.72 Å². The minimum atomic E-state index is -0.807. The van der Waals surface area contributed by atoms with E-state index in [-0.39, 0.29) is 5.82 Å². The number of amidine groups is 1. The summed E-state index contributed by atoms with van der Waals surface area (Å²) in [5, 5.41) is 7.74. The van der Waals surface area contributed by atoms with Crippen LogP contribution in [-0.4, -0.2) is 47.5 Å². The largest absolute Gasteiger partial charge is 0.495 e. The first-order valence-corrected chi connectivity index (χ1v) is 11.4. The van der Waals surface area contributed by atoms with E-state index in [9.17, 15) is 4.39 Å². The third-order valence-corrected chi connectivity index (χ3v) is 6.34. The molecule has 0 amide bonds. The number of likely N-dealkylation sites (N-methyl/N-ethyl adjacent to an activating group) is 1. The Labute approximate surface area is 198 Å². The Kier molecular flexibility index (Phi) is 5.83. The number of nitrogens with one attached hydrogen (secondary N) is 1. The predicted octanol–water partition coefficient (Wildman–Crippen LogP) is 4.22. The van der Waals surface area contributed by atoms with E-state index in [2.05, 4.69) is 32.5 Å². The van der Waals surface area contributed by atoms with Crippen molar-refractivity contribution in [1.29, 1.82) is 0 Å². The zero-order valence-corrected chi connectivity index (χ0v) is 19.6. The smallest absolute Gasteiger partial charge is 0.249 e. The van der Waals surface area contributed by atoms with E-state index in [1.165, 1.54) is 12.1 Å². The Morgan fingerprint density at radius 2 is 2.06 bits per heavy atom. The molecule has 1 fully saturated rings. The van der Waals surface area contributed by atoms with Crippen LogP contribution in [0.15, 0.2) is 65.7 Å². The molecule has 3 heterocycles. The van der Waals surface area contributed by atoms with E-state index in [4.69, 9.17) is 9.57 Å². The molecule has 2 aliphatic rings. The molecule has 3 aromatic rings. The van der Waals surface area contributed by atoms with Gasteiger partial charge in [-0.3, -0.25) is 0 Å². The number of halogens is 1. The standard InChI is InChI=1S/C26H28FN5O2/c1-18-15-31(17-29-18)23-11-6-19(14-24(23)33-3)13-20-5-4-12-32-25(20)30-34-26(32,16-28-2)21-7-9-22(27)10-8-21/h6-11,13-15,17,28H,4-5,12,16H2,1-3H3/b20-13+/t26-/m1/s1. The number of imidazole rings is 1. The highest BCUT2D eigenvalue weighted by molar-refractivity contribution is 6.03. The Morgan fingerprint density at radius 3 is 2.76 bits per heavy atom. The number of hydrogen-bond donors (Lipinski definition) is 1. The van der Waals surface area contributed by atoms with Crippen LogP contribution in [0, 0.1) is 12.7 Å². The van der Waals surface area contributed by atoms with Crippen molar-refractivity contribution in [2.75, 3.05) is 27.2 Å². The van der Waals surface area contributed by atoms with Gasteiger partial charge in [-0.1, -0.05) is 23.4 Å². The van der Waals surface area contributed by atoms with Gasteiger partial charge in [0.25, 0.3) is 0 Å². The summed E-state index contributed by atoms with van der Waals surface area (Å²) in [5.41, 5.74) is 4.05. The number of aromatic nitrogens is 2. The number of benzene rings is 2. The second-order valence-corrected chi connectivity index (χ2v) is 8.61. The van der Waals surface area contributed by atoms with Gasteiger partial charge in [-0.05, 0) is 68.3 Å². The summed E-state index contributed by atoms with van der Waals surface area (Å²) in [6.07, 6.45) is 7.75. The molecule has 1 N–H and O–H groups in total. The second-order valence-electron chi connectivity index (χ2n) is 8.61. The van der Waals surface area contributed by atoms with Crippen molar-refractivity contribution in [2.24, 2.45) is 5.16 Å². The van der Waals surface area contributed by atoms with Gasteiger partial charge < -0.3 is 24.4 Å². The van der Waals surface area contributed by atoms with Crippen molar-refractivity contribution in [3.8, 4) is 11.4 Å². The van der Waals surface area contributed by atoms with Crippen LogP contribution in [0.4, 0.5) is 4.39 Å². The zero-order chi connectivity index (χ0) is 23.7. The molecule has 0 saturated carbocycles.